The number of hydrogen-bond donors (Lipinski definition) is 1. The summed E-state index contributed by atoms with van der Waals surface area (Å²) in [5, 5.41) is 3.06. The van der Waals surface area contributed by atoms with Crippen molar-refractivity contribution in [3.8, 4) is 5.75 Å². The maximum absolute atomic E-state index is 5.62. The van der Waals surface area contributed by atoms with Crippen LogP contribution < -0.4 is 10.1 Å². The van der Waals surface area contributed by atoms with Crippen molar-refractivity contribution in [3.05, 3.63) is 18.5 Å². The molecule has 2 rings (SSSR count). The Balaban J connectivity index is 2.15. The van der Waals surface area contributed by atoms with Crippen LogP contribution in [-0.2, 0) is 0 Å². The minimum Gasteiger partial charge on any atom is -0.487 e. The van der Waals surface area contributed by atoms with E-state index in [1.807, 2.05) is 13.1 Å². The molecule has 0 radical (unpaired) electrons. The van der Waals surface area contributed by atoms with Crippen LogP contribution in [-0.4, -0.2) is 18.1 Å². The molecule has 64 valence electrons. The van der Waals surface area contributed by atoms with Crippen LogP contribution >= 0.6 is 0 Å². The Morgan fingerprint density at radius 3 is 3.08 bits per heavy atom. The lowest BCUT2D eigenvalue weighted by molar-refractivity contribution is 0.303. The van der Waals surface area contributed by atoms with E-state index in [9.17, 15) is 0 Å². The van der Waals surface area contributed by atoms with Gasteiger partial charge in [0.25, 0.3) is 0 Å². The first-order valence-corrected chi connectivity index (χ1v) is 4.18. The molecule has 0 bridgehead atoms. The largest absolute Gasteiger partial charge is 0.487 e. The zero-order valence-corrected chi connectivity index (χ0v) is 7.08. The first kappa shape index (κ1) is 7.40. The third-order valence-electron chi connectivity index (χ3n) is 1.87. The number of nitrogens with one attached hydrogen (secondary N) is 1. The third-order valence-corrected chi connectivity index (χ3v) is 1.87. The number of ether oxygens (including phenoxy) is 1. The average Bonchev–Trinajstić information content (AvgIpc) is 2.89. The lowest BCUT2D eigenvalue weighted by Gasteiger charge is -2.08. The summed E-state index contributed by atoms with van der Waals surface area (Å²) in [6, 6.07) is 1.91. The van der Waals surface area contributed by atoms with Crippen molar-refractivity contribution in [2.75, 3.05) is 12.4 Å². The molecule has 0 aliphatic heterocycles. The number of hydrogen-bond acceptors (Lipinski definition) is 3. The second-order valence-electron chi connectivity index (χ2n) is 2.94. The molecule has 1 aromatic rings. The van der Waals surface area contributed by atoms with E-state index < -0.39 is 0 Å². The average molecular weight is 164 g/mol. The van der Waals surface area contributed by atoms with Gasteiger partial charge in [-0.15, -0.1) is 0 Å². The third kappa shape index (κ3) is 1.49. The van der Waals surface area contributed by atoms with Crippen LogP contribution in [0.4, 0.5) is 5.69 Å². The molecule has 3 nitrogen and oxygen atoms in total. The highest BCUT2D eigenvalue weighted by atomic mass is 16.5. The van der Waals surface area contributed by atoms with Crippen LogP contribution in [0.15, 0.2) is 18.5 Å². The number of pyridine rings is 1. The summed E-state index contributed by atoms with van der Waals surface area (Å²) in [7, 11) is 1.88. The molecule has 3 heteroatoms. The second-order valence-corrected chi connectivity index (χ2v) is 2.94. The second kappa shape index (κ2) is 3.01. The van der Waals surface area contributed by atoms with Gasteiger partial charge in [-0.05, 0) is 18.9 Å². The zero-order valence-electron chi connectivity index (χ0n) is 7.08. The van der Waals surface area contributed by atoms with Gasteiger partial charge in [-0.2, -0.15) is 0 Å². The van der Waals surface area contributed by atoms with E-state index in [1.54, 1.807) is 12.4 Å². The number of rotatable bonds is 3. The maximum Gasteiger partial charge on any atom is 0.161 e. The Hall–Kier alpha value is -1.25. The van der Waals surface area contributed by atoms with E-state index in [1.165, 1.54) is 12.8 Å². The molecule has 1 aliphatic carbocycles. The van der Waals surface area contributed by atoms with E-state index in [0.29, 0.717) is 6.10 Å². The summed E-state index contributed by atoms with van der Waals surface area (Å²) in [6.07, 6.45) is 6.30. The first-order valence-electron chi connectivity index (χ1n) is 4.18. The molecule has 1 fully saturated rings. The van der Waals surface area contributed by atoms with Crippen molar-refractivity contribution in [3.63, 3.8) is 0 Å². The molecule has 1 saturated carbocycles. The highest BCUT2D eigenvalue weighted by Gasteiger charge is 2.24. The van der Waals surface area contributed by atoms with Gasteiger partial charge in [-0.3, -0.25) is 4.98 Å². The van der Waals surface area contributed by atoms with E-state index >= 15 is 0 Å². The summed E-state index contributed by atoms with van der Waals surface area (Å²) >= 11 is 0. The highest BCUT2D eigenvalue weighted by molar-refractivity contribution is 5.54. The number of anilines is 1. The molecular weight excluding hydrogens is 152 g/mol. The summed E-state index contributed by atoms with van der Waals surface area (Å²) in [6.45, 7) is 0. The van der Waals surface area contributed by atoms with Gasteiger partial charge in [-0.25, -0.2) is 0 Å². The van der Waals surface area contributed by atoms with Gasteiger partial charge in [0.05, 0.1) is 18.0 Å². The van der Waals surface area contributed by atoms with Gasteiger partial charge in [0.15, 0.2) is 5.75 Å². The quantitative estimate of drug-likeness (QED) is 0.737. The van der Waals surface area contributed by atoms with E-state index in [-0.39, 0.29) is 0 Å². The van der Waals surface area contributed by atoms with Gasteiger partial charge >= 0.3 is 0 Å². The molecule has 1 N–H and O–H groups in total. The zero-order chi connectivity index (χ0) is 8.39. The molecule has 0 unspecified atom stereocenters. The number of nitrogens with zero attached hydrogens (tertiary/aromatic N) is 1. The van der Waals surface area contributed by atoms with Crippen molar-refractivity contribution in [2.24, 2.45) is 0 Å². The van der Waals surface area contributed by atoms with Gasteiger partial charge < -0.3 is 10.1 Å². The van der Waals surface area contributed by atoms with Gasteiger partial charge in [0, 0.05) is 13.2 Å². The van der Waals surface area contributed by atoms with Crippen LogP contribution in [0.25, 0.3) is 0 Å². The summed E-state index contributed by atoms with van der Waals surface area (Å²) in [4.78, 5) is 4.01. The summed E-state index contributed by atoms with van der Waals surface area (Å²) in [5.74, 6) is 0.863. The van der Waals surface area contributed by atoms with E-state index in [4.69, 9.17) is 4.74 Å². The van der Waals surface area contributed by atoms with Crippen LogP contribution in [0.5, 0.6) is 5.75 Å². The minimum absolute atomic E-state index is 0.432. The summed E-state index contributed by atoms with van der Waals surface area (Å²) < 4.78 is 5.62. The van der Waals surface area contributed by atoms with Crippen LogP contribution in [0, 0.1) is 0 Å². The number of aromatic nitrogens is 1. The topological polar surface area (TPSA) is 34.2 Å². The lowest BCUT2D eigenvalue weighted by Crippen LogP contribution is -2.00. The van der Waals surface area contributed by atoms with Crippen molar-refractivity contribution < 1.29 is 4.74 Å². The first-order chi connectivity index (χ1) is 5.90. The molecule has 0 aromatic carbocycles. The van der Waals surface area contributed by atoms with Crippen LogP contribution in [0.1, 0.15) is 12.8 Å². The fourth-order valence-electron chi connectivity index (χ4n) is 1.05. The fraction of sp³-hybridized carbons (Fsp3) is 0.444. The molecule has 0 atom stereocenters. The normalized spacial score (nSPS) is 15.8. The van der Waals surface area contributed by atoms with Gasteiger partial charge in [0.1, 0.15) is 0 Å². The van der Waals surface area contributed by atoms with Crippen LogP contribution in [0.3, 0.4) is 0 Å². The highest BCUT2D eigenvalue weighted by Crippen LogP contribution is 2.30. The Morgan fingerprint density at radius 2 is 2.42 bits per heavy atom. The lowest BCUT2D eigenvalue weighted by atomic mass is 10.4. The van der Waals surface area contributed by atoms with Crippen LogP contribution in [0.2, 0.25) is 0 Å². The molecule has 1 aromatic heterocycles. The molecule has 1 heterocycles. The summed E-state index contributed by atoms with van der Waals surface area (Å²) in [5.41, 5.74) is 1.01. The predicted molar refractivity (Wildman–Crippen MR) is 47.4 cm³/mol. The molecule has 12 heavy (non-hydrogen) atoms. The minimum atomic E-state index is 0.432. The standard InChI is InChI=1S/C9H12N2O/c1-10-8-4-5-11-6-9(8)12-7-2-3-7/h4-7H,2-3H2,1H3,(H,10,11). The molecule has 0 amide bonds. The maximum atomic E-state index is 5.62. The SMILES string of the molecule is CNc1ccncc1OC1CC1. The fourth-order valence-corrected chi connectivity index (χ4v) is 1.05. The van der Waals surface area contributed by atoms with Crippen molar-refractivity contribution in [2.45, 2.75) is 18.9 Å². The van der Waals surface area contributed by atoms with Crippen molar-refractivity contribution >= 4 is 5.69 Å². The van der Waals surface area contributed by atoms with Gasteiger partial charge in [-0.1, -0.05) is 0 Å². The van der Waals surface area contributed by atoms with E-state index in [2.05, 4.69) is 10.3 Å². The van der Waals surface area contributed by atoms with E-state index in [0.717, 1.165) is 11.4 Å². The molecule has 1 aliphatic rings. The molecule has 0 saturated heterocycles. The Labute approximate surface area is 71.8 Å². The Kier molecular flexibility index (Phi) is 1.86. The smallest absolute Gasteiger partial charge is 0.161 e. The predicted octanol–water partition coefficient (Wildman–Crippen LogP) is 1.66. The Bertz CT molecular complexity index is 271. The Morgan fingerprint density at radius 1 is 1.58 bits per heavy atom. The van der Waals surface area contributed by atoms with Crippen molar-refractivity contribution in [1.82, 2.24) is 4.98 Å². The monoisotopic (exact) mass is 164 g/mol. The molecule has 0 spiro atoms. The van der Waals surface area contributed by atoms with Crippen molar-refractivity contribution in [1.29, 1.82) is 0 Å². The molecular formula is C9H12N2O. The van der Waals surface area contributed by atoms with Gasteiger partial charge in [0.2, 0.25) is 0 Å².